The van der Waals surface area contributed by atoms with Gasteiger partial charge in [0.1, 0.15) is 11.3 Å². The van der Waals surface area contributed by atoms with Gasteiger partial charge in [-0.15, -0.1) is 0 Å². The molecule has 1 aromatic carbocycles. The van der Waals surface area contributed by atoms with E-state index in [1.165, 1.54) is 10.9 Å². The number of para-hydroxylation sites is 1. The van der Waals surface area contributed by atoms with Gasteiger partial charge in [0.2, 0.25) is 0 Å². The molecule has 66 valence electrons. The van der Waals surface area contributed by atoms with Gasteiger partial charge in [-0.2, -0.15) is 0 Å². The van der Waals surface area contributed by atoms with E-state index in [4.69, 9.17) is 4.42 Å². The Hall–Kier alpha value is -1.50. The molecule has 0 saturated carbocycles. The number of hydrogen-bond acceptors (Lipinski definition) is 1. The van der Waals surface area contributed by atoms with Crippen molar-refractivity contribution in [2.45, 2.75) is 13.8 Å². The predicted molar refractivity (Wildman–Crippen MR) is 55.7 cm³/mol. The summed E-state index contributed by atoms with van der Waals surface area (Å²) in [5, 5.41) is 1.18. The lowest BCUT2D eigenvalue weighted by Gasteiger charge is -1.93. The number of benzene rings is 1. The van der Waals surface area contributed by atoms with E-state index in [1.807, 2.05) is 25.1 Å². The highest BCUT2D eigenvalue weighted by atomic mass is 16.3. The van der Waals surface area contributed by atoms with Crippen LogP contribution in [0, 0.1) is 6.92 Å². The Bertz CT molecular complexity index is 463. The average Bonchev–Trinajstić information content (AvgIpc) is 2.45. The van der Waals surface area contributed by atoms with Gasteiger partial charge >= 0.3 is 0 Å². The molecule has 0 radical (unpaired) electrons. The summed E-state index contributed by atoms with van der Waals surface area (Å²) in [4.78, 5) is 0. The summed E-state index contributed by atoms with van der Waals surface area (Å²) in [5.41, 5.74) is 3.11. The molecular weight excluding hydrogens is 160 g/mol. The van der Waals surface area contributed by atoms with Gasteiger partial charge in [0, 0.05) is 10.9 Å². The van der Waals surface area contributed by atoms with Crippen LogP contribution in [0.3, 0.4) is 0 Å². The van der Waals surface area contributed by atoms with Gasteiger partial charge in [0.25, 0.3) is 0 Å². The lowest BCUT2D eigenvalue weighted by molar-refractivity contribution is 0.596. The number of fused-ring (bicyclic) bond motifs is 1. The first kappa shape index (κ1) is 8.11. The normalized spacial score (nSPS) is 10.6. The quantitative estimate of drug-likeness (QED) is 0.638. The maximum absolute atomic E-state index is 5.66. The van der Waals surface area contributed by atoms with Crippen molar-refractivity contribution in [2.75, 3.05) is 0 Å². The van der Waals surface area contributed by atoms with Crippen LogP contribution in [0.15, 0.2) is 35.3 Å². The Morgan fingerprint density at radius 2 is 2.00 bits per heavy atom. The fourth-order valence-electron chi connectivity index (χ4n) is 1.58. The van der Waals surface area contributed by atoms with E-state index in [-0.39, 0.29) is 0 Å². The Balaban J connectivity index is 2.81. The third kappa shape index (κ3) is 1.17. The fraction of sp³-hybridized carbons (Fsp3) is 0.167. The fourth-order valence-corrected chi connectivity index (χ4v) is 1.58. The number of furan rings is 1. The summed E-state index contributed by atoms with van der Waals surface area (Å²) in [7, 11) is 0. The molecule has 2 rings (SSSR count). The monoisotopic (exact) mass is 172 g/mol. The van der Waals surface area contributed by atoms with E-state index >= 15 is 0 Å². The van der Waals surface area contributed by atoms with Crippen LogP contribution in [0.5, 0.6) is 0 Å². The van der Waals surface area contributed by atoms with Crippen LogP contribution >= 0.6 is 0 Å². The smallest absolute Gasteiger partial charge is 0.135 e. The molecule has 0 N–H and O–H groups in total. The Morgan fingerprint density at radius 3 is 2.62 bits per heavy atom. The second-order valence-corrected chi connectivity index (χ2v) is 3.33. The Kier molecular flexibility index (Phi) is 1.73. The lowest BCUT2D eigenvalue weighted by atomic mass is 10.1. The molecule has 1 aromatic heterocycles. The average molecular weight is 172 g/mol. The number of aryl methyl sites for hydroxylation is 1. The molecule has 0 saturated heterocycles. The van der Waals surface area contributed by atoms with Crippen molar-refractivity contribution in [3.63, 3.8) is 0 Å². The summed E-state index contributed by atoms with van der Waals surface area (Å²) in [6.07, 6.45) is 0. The topological polar surface area (TPSA) is 13.1 Å². The molecule has 2 aromatic rings. The molecule has 0 aliphatic rings. The molecule has 1 nitrogen and oxygen atoms in total. The molecule has 1 heterocycles. The molecule has 1 heteroatoms. The third-order valence-electron chi connectivity index (χ3n) is 2.23. The summed E-state index contributed by atoms with van der Waals surface area (Å²) in [6.45, 7) is 7.92. The van der Waals surface area contributed by atoms with E-state index in [0.717, 1.165) is 16.9 Å². The molecule has 0 unspecified atom stereocenters. The molecule has 13 heavy (non-hydrogen) atoms. The highest BCUT2D eigenvalue weighted by Crippen LogP contribution is 2.28. The van der Waals surface area contributed by atoms with E-state index in [1.54, 1.807) is 0 Å². The minimum absolute atomic E-state index is 0.918. The van der Waals surface area contributed by atoms with Gasteiger partial charge in [-0.3, -0.25) is 0 Å². The minimum atomic E-state index is 0.918. The molecule has 0 spiro atoms. The molecule has 0 aliphatic carbocycles. The van der Waals surface area contributed by atoms with Crippen LogP contribution in [-0.4, -0.2) is 0 Å². The van der Waals surface area contributed by atoms with Crippen molar-refractivity contribution in [1.29, 1.82) is 0 Å². The SMILES string of the molecule is C=C(C)c1oc2ccccc2c1C. The standard InChI is InChI=1S/C12H12O/c1-8(2)12-9(3)10-6-4-5-7-11(10)13-12/h4-7H,1H2,2-3H3. The first-order chi connectivity index (χ1) is 6.20. The first-order valence-corrected chi connectivity index (χ1v) is 4.34. The number of rotatable bonds is 1. The van der Waals surface area contributed by atoms with Gasteiger partial charge in [0.15, 0.2) is 0 Å². The van der Waals surface area contributed by atoms with Crippen molar-refractivity contribution in [1.82, 2.24) is 0 Å². The maximum atomic E-state index is 5.66. The molecule has 0 fully saturated rings. The van der Waals surface area contributed by atoms with E-state index in [2.05, 4.69) is 19.6 Å². The van der Waals surface area contributed by atoms with E-state index in [0.29, 0.717) is 0 Å². The van der Waals surface area contributed by atoms with Crippen molar-refractivity contribution in [3.05, 3.63) is 42.2 Å². The van der Waals surface area contributed by atoms with Crippen LogP contribution in [0.4, 0.5) is 0 Å². The highest BCUT2D eigenvalue weighted by molar-refractivity contribution is 5.85. The molecule has 0 atom stereocenters. The summed E-state index contributed by atoms with van der Waals surface area (Å²) < 4.78 is 5.66. The second-order valence-electron chi connectivity index (χ2n) is 3.33. The first-order valence-electron chi connectivity index (χ1n) is 4.34. The largest absolute Gasteiger partial charge is 0.456 e. The van der Waals surface area contributed by atoms with Crippen LogP contribution < -0.4 is 0 Å². The Morgan fingerprint density at radius 1 is 1.31 bits per heavy atom. The van der Waals surface area contributed by atoms with Crippen molar-refractivity contribution >= 4 is 16.5 Å². The summed E-state index contributed by atoms with van der Waals surface area (Å²) in [6, 6.07) is 8.05. The zero-order valence-electron chi connectivity index (χ0n) is 7.92. The van der Waals surface area contributed by atoms with Crippen LogP contribution in [0.25, 0.3) is 16.5 Å². The Labute approximate surface area is 77.7 Å². The second kappa shape index (κ2) is 2.77. The van der Waals surface area contributed by atoms with Crippen LogP contribution in [0.1, 0.15) is 18.2 Å². The molecular formula is C12H12O. The number of allylic oxidation sites excluding steroid dienone is 1. The molecule has 0 amide bonds. The molecule has 0 bridgehead atoms. The predicted octanol–water partition coefficient (Wildman–Crippen LogP) is 3.77. The lowest BCUT2D eigenvalue weighted by Crippen LogP contribution is -1.75. The maximum Gasteiger partial charge on any atom is 0.135 e. The van der Waals surface area contributed by atoms with Crippen molar-refractivity contribution < 1.29 is 4.42 Å². The highest BCUT2D eigenvalue weighted by Gasteiger charge is 2.09. The van der Waals surface area contributed by atoms with Gasteiger partial charge in [-0.05, 0) is 25.5 Å². The summed E-state index contributed by atoms with van der Waals surface area (Å²) in [5.74, 6) is 0.918. The minimum Gasteiger partial charge on any atom is -0.456 e. The number of hydrogen-bond donors (Lipinski definition) is 0. The van der Waals surface area contributed by atoms with E-state index < -0.39 is 0 Å². The summed E-state index contributed by atoms with van der Waals surface area (Å²) >= 11 is 0. The van der Waals surface area contributed by atoms with Gasteiger partial charge in [-0.25, -0.2) is 0 Å². The van der Waals surface area contributed by atoms with Gasteiger partial charge in [0.05, 0.1) is 0 Å². The van der Waals surface area contributed by atoms with Gasteiger partial charge < -0.3 is 4.42 Å². The zero-order chi connectivity index (χ0) is 9.42. The molecule has 0 aliphatic heterocycles. The van der Waals surface area contributed by atoms with Crippen LogP contribution in [0.2, 0.25) is 0 Å². The zero-order valence-corrected chi connectivity index (χ0v) is 7.92. The van der Waals surface area contributed by atoms with Crippen molar-refractivity contribution in [2.24, 2.45) is 0 Å². The van der Waals surface area contributed by atoms with Crippen molar-refractivity contribution in [3.8, 4) is 0 Å². The van der Waals surface area contributed by atoms with Gasteiger partial charge in [-0.1, -0.05) is 24.8 Å². The van der Waals surface area contributed by atoms with E-state index in [9.17, 15) is 0 Å². The van der Waals surface area contributed by atoms with Crippen LogP contribution in [-0.2, 0) is 0 Å². The third-order valence-corrected chi connectivity index (χ3v) is 2.23.